The van der Waals surface area contributed by atoms with Gasteiger partial charge < -0.3 is 20.1 Å². The Bertz CT molecular complexity index is 493. The smallest absolute Gasteiger partial charge is 0.191 e. The van der Waals surface area contributed by atoms with E-state index in [1.54, 1.807) is 14.2 Å². The van der Waals surface area contributed by atoms with Crippen LogP contribution in [0.2, 0.25) is 0 Å². The number of methoxy groups -OCH3 is 2. The fraction of sp³-hybridized carbons (Fsp3) is 0.611. The van der Waals surface area contributed by atoms with Crippen LogP contribution in [0.5, 0.6) is 11.5 Å². The van der Waals surface area contributed by atoms with Gasteiger partial charge in [0.2, 0.25) is 0 Å². The molecule has 0 saturated carbocycles. The zero-order valence-electron chi connectivity index (χ0n) is 15.5. The highest BCUT2D eigenvalue weighted by Crippen LogP contribution is 2.27. The molecule has 0 bridgehead atoms. The molecule has 0 spiro atoms. The predicted molar refractivity (Wildman–Crippen MR) is 112 cm³/mol. The second-order valence-corrected chi connectivity index (χ2v) is 5.83. The van der Waals surface area contributed by atoms with Crippen molar-refractivity contribution in [3.63, 3.8) is 0 Å². The molecule has 24 heavy (non-hydrogen) atoms. The summed E-state index contributed by atoms with van der Waals surface area (Å²) in [6.07, 6.45) is 2.01. The molecule has 0 heterocycles. The lowest BCUT2D eigenvalue weighted by Crippen LogP contribution is -2.38. The van der Waals surface area contributed by atoms with E-state index in [4.69, 9.17) is 9.47 Å². The topological polar surface area (TPSA) is 54.9 Å². The highest BCUT2D eigenvalue weighted by molar-refractivity contribution is 14.0. The Kier molecular flexibility index (Phi) is 12.5. The van der Waals surface area contributed by atoms with Gasteiger partial charge in [0.05, 0.1) is 14.2 Å². The van der Waals surface area contributed by atoms with E-state index in [2.05, 4.69) is 42.5 Å². The SMILES string of the molecule is CCNC(=NCC(C)C)NCCCc1ccc(OC)c(OC)c1.I. The van der Waals surface area contributed by atoms with Crippen molar-refractivity contribution in [2.75, 3.05) is 33.9 Å². The fourth-order valence-corrected chi connectivity index (χ4v) is 2.15. The van der Waals surface area contributed by atoms with Gasteiger partial charge in [-0.2, -0.15) is 0 Å². The lowest BCUT2D eigenvalue weighted by Gasteiger charge is -2.12. The van der Waals surface area contributed by atoms with E-state index in [1.807, 2.05) is 12.1 Å². The third-order valence-electron chi connectivity index (χ3n) is 3.34. The summed E-state index contributed by atoms with van der Waals surface area (Å²) < 4.78 is 10.6. The minimum absolute atomic E-state index is 0. The Morgan fingerprint density at radius 3 is 2.42 bits per heavy atom. The van der Waals surface area contributed by atoms with E-state index >= 15 is 0 Å². The summed E-state index contributed by atoms with van der Waals surface area (Å²) in [6, 6.07) is 6.08. The number of hydrogen-bond donors (Lipinski definition) is 2. The summed E-state index contributed by atoms with van der Waals surface area (Å²) in [5.41, 5.74) is 1.24. The largest absolute Gasteiger partial charge is 0.493 e. The molecule has 1 aromatic rings. The molecule has 5 nitrogen and oxygen atoms in total. The van der Waals surface area contributed by atoms with Crippen molar-refractivity contribution >= 4 is 29.9 Å². The molecule has 2 N–H and O–H groups in total. The van der Waals surface area contributed by atoms with Crippen LogP contribution >= 0.6 is 24.0 Å². The van der Waals surface area contributed by atoms with Crippen LogP contribution in [0.1, 0.15) is 32.8 Å². The minimum atomic E-state index is 0. The van der Waals surface area contributed by atoms with E-state index < -0.39 is 0 Å². The number of aryl methyl sites for hydroxylation is 1. The first-order valence-corrected chi connectivity index (χ1v) is 8.33. The van der Waals surface area contributed by atoms with Gasteiger partial charge in [0.25, 0.3) is 0 Å². The zero-order valence-corrected chi connectivity index (χ0v) is 17.8. The van der Waals surface area contributed by atoms with Crippen LogP contribution in [0.4, 0.5) is 0 Å². The van der Waals surface area contributed by atoms with Crippen molar-refractivity contribution < 1.29 is 9.47 Å². The molecule has 1 rings (SSSR count). The molecule has 0 aliphatic heterocycles. The molecule has 1 aromatic carbocycles. The monoisotopic (exact) mass is 449 g/mol. The van der Waals surface area contributed by atoms with Gasteiger partial charge in [-0.15, -0.1) is 24.0 Å². The van der Waals surface area contributed by atoms with Crippen LogP contribution in [-0.4, -0.2) is 39.8 Å². The molecular formula is C18H32IN3O2. The molecule has 0 radical (unpaired) electrons. The Morgan fingerprint density at radius 2 is 1.83 bits per heavy atom. The second kappa shape index (κ2) is 13.1. The number of aliphatic imine (C=N–C) groups is 1. The summed E-state index contributed by atoms with van der Waals surface area (Å²) in [7, 11) is 3.32. The first kappa shape index (κ1) is 22.8. The van der Waals surface area contributed by atoms with Crippen LogP contribution in [0.25, 0.3) is 0 Å². The highest BCUT2D eigenvalue weighted by atomic mass is 127. The molecule has 0 atom stereocenters. The third-order valence-corrected chi connectivity index (χ3v) is 3.34. The maximum absolute atomic E-state index is 5.34. The number of halogens is 1. The Labute approximate surface area is 163 Å². The molecule has 6 heteroatoms. The number of ether oxygens (including phenoxy) is 2. The maximum atomic E-state index is 5.34. The van der Waals surface area contributed by atoms with Gasteiger partial charge in [-0.1, -0.05) is 19.9 Å². The zero-order chi connectivity index (χ0) is 17.1. The first-order valence-electron chi connectivity index (χ1n) is 8.33. The van der Waals surface area contributed by atoms with Crippen LogP contribution in [0.3, 0.4) is 0 Å². The number of nitrogens with zero attached hydrogens (tertiary/aromatic N) is 1. The molecule has 0 saturated heterocycles. The van der Waals surface area contributed by atoms with Crippen LogP contribution in [-0.2, 0) is 6.42 Å². The van der Waals surface area contributed by atoms with Gasteiger partial charge >= 0.3 is 0 Å². The summed E-state index contributed by atoms with van der Waals surface area (Å²) >= 11 is 0. The Balaban J connectivity index is 0.00000529. The van der Waals surface area contributed by atoms with Gasteiger partial charge in [0.1, 0.15) is 0 Å². The number of hydrogen-bond acceptors (Lipinski definition) is 3. The van der Waals surface area contributed by atoms with Gasteiger partial charge in [-0.05, 0) is 43.4 Å². The Hall–Kier alpha value is -1.18. The molecule has 0 aliphatic carbocycles. The van der Waals surface area contributed by atoms with Crippen molar-refractivity contribution in [3.05, 3.63) is 23.8 Å². The second-order valence-electron chi connectivity index (χ2n) is 5.83. The van der Waals surface area contributed by atoms with Crippen molar-refractivity contribution in [1.82, 2.24) is 10.6 Å². The van der Waals surface area contributed by atoms with Crippen LogP contribution in [0.15, 0.2) is 23.2 Å². The van der Waals surface area contributed by atoms with Crippen molar-refractivity contribution in [2.24, 2.45) is 10.9 Å². The van der Waals surface area contributed by atoms with Crippen molar-refractivity contribution in [3.8, 4) is 11.5 Å². The van der Waals surface area contributed by atoms with E-state index in [1.165, 1.54) is 5.56 Å². The van der Waals surface area contributed by atoms with E-state index in [9.17, 15) is 0 Å². The van der Waals surface area contributed by atoms with Crippen molar-refractivity contribution in [2.45, 2.75) is 33.6 Å². The number of nitrogens with one attached hydrogen (secondary N) is 2. The standard InChI is InChI=1S/C18H31N3O2.HI/c1-6-19-18(21-13-14(2)3)20-11-7-8-15-9-10-16(22-4)17(12-15)23-5;/h9-10,12,14H,6-8,11,13H2,1-5H3,(H2,19,20,21);1H. The van der Waals surface area contributed by atoms with E-state index in [-0.39, 0.29) is 24.0 Å². The number of benzene rings is 1. The van der Waals surface area contributed by atoms with Crippen LogP contribution < -0.4 is 20.1 Å². The van der Waals surface area contributed by atoms with Crippen molar-refractivity contribution in [1.29, 1.82) is 0 Å². The molecule has 0 aliphatic rings. The summed E-state index contributed by atoms with van der Waals surface area (Å²) in [5.74, 6) is 3.01. The molecule has 0 amide bonds. The average molecular weight is 449 g/mol. The maximum Gasteiger partial charge on any atom is 0.191 e. The van der Waals surface area contributed by atoms with Gasteiger partial charge in [0, 0.05) is 19.6 Å². The summed E-state index contributed by atoms with van der Waals surface area (Å²) in [4.78, 5) is 4.57. The lowest BCUT2D eigenvalue weighted by molar-refractivity contribution is 0.354. The highest BCUT2D eigenvalue weighted by Gasteiger charge is 2.04. The molecule has 138 valence electrons. The van der Waals surface area contributed by atoms with E-state index in [0.29, 0.717) is 5.92 Å². The fourth-order valence-electron chi connectivity index (χ4n) is 2.15. The molecule has 0 unspecified atom stereocenters. The summed E-state index contributed by atoms with van der Waals surface area (Å²) in [5, 5.41) is 6.65. The minimum Gasteiger partial charge on any atom is -0.493 e. The third kappa shape index (κ3) is 8.61. The summed E-state index contributed by atoms with van der Waals surface area (Å²) in [6.45, 7) is 9.02. The number of guanidine groups is 1. The first-order chi connectivity index (χ1) is 11.1. The quantitative estimate of drug-likeness (QED) is 0.263. The molecule has 0 aromatic heterocycles. The van der Waals surface area contributed by atoms with Gasteiger partial charge in [0.15, 0.2) is 17.5 Å². The molecular weight excluding hydrogens is 417 g/mol. The normalized spacial score (nSPS) is 11.0. The van der Waals surface area contributed by atoms with E-state index in [0.717, 1.165) is 49.9 Å². The average Bonchev–Trinajstić information content (AvgIpc) is 2.55. The Morgan fingerprint density at radius 1 is 1.12 bits per heavy atom. The van der Waals surface area contributed by atoms with Crippen LogP contribution in [0, 0.1) is 5.92 Å². The number of rotatable bonds is 9. The predicted octanol–water partition coefficient (Wildman–Crippen LogP) is 3.47. The molecule has 0 fully saturated rings. The van der Waals surface area contributed by atoms with Gasteiger partial charge in [-0.3, -0.25) is 4.99 Å². The van der Waals surface area contributed by atoms with Gasteiger partial charge in [-0.25, -0.2) is 0 Å². The lowest BCUT2D eigenvalue weighted by atomic mass is 10.1.